The number of rotatable bonds is 2. The van der Waals surface area contributed by atoms with Crippen molar-refractivity contribution in [2.24, 2.45) is 0 Å². The van der Waals surface area contributed by atoms with Crippen molar-refractivity contribution in [1.29, 1.82) is 0 Å². The Kier molecular flexibility index (Phi) is 2.68. The van der Waals surface area contributed by atoms with Crippen molar-refractivity contribution in [1.82, 2.24) is 0 Å². The highest BCUT2D eigenvalue weighted by Crippen LogP contribution is 2.30. The molecule has 0 aliphatic carbocycles. The van der Waals surface area contributed by atoms with Gasteiger partial charge in [-0.15, -0.1) is 0 Å². The van der Waals surface area contributed by atoms with Gasteiger partial charge in [-0.05, 0) is 19.1 Å². The molecule has 0 aliphatic heterocycles. The van der Waals surface area contributed by atoms with Crippen LogP contribution in [0.1, 0.15) is 12.5 Å². The molecule has 0 saturated carbocycles. The zero-order valence-corrected chi connectivity index (χ0v) is 7.71. The average Bonchev–Trinajstić information content (AvgIpc) is 2.04. The van der Waals surface area contributed by atoms with E-state index in [4.69, 9.17) is 9.66 Å². The van der Waals surface area contributed by atoms with E-state index in [1.165, 1.54) is 18.2 Å². The van der Waals surface area contributed by atoms with E-state index in [2.05, 4.69) is 0 Å². The summed E-state index contributed by atoms with van der Waals surface area (Å²) >= 11 is -2.61. The molecule has 0 aromatic heterocycles. The molecule has 2 atom stereocenters. The van der Waals surface area contributed by atoms with Crippen LogP contribution in [0.25, 0.3) is 0 Å². The van der Waals surface area contributed by atoms with E-state index in [1.54, 1.807) is 0 Å². The highest BCUT2D eigenvalue weighted by atomic mass is 32.2. The molecule has 0 bridgehead atoms. The molecule has 72 valence electrons. The second-order valence-corrected chi connectivity index (χ2v) is 3.98. The van der Waals surface area contributed by atoms with Crippen molar-refractivity contribution in [3.63, 3.8) is 0 Å². The Bertz CT molecular complexity index is 338. The fourth-order valence-corrected chi connectivity index (χ4v) is 1.21. The van der Waals surface area contributed by atoms with Crippen molar-refractivity contribution in [3.8, 4) is 5.75 Å². The lowest BCUT2D eigenvalue weighted by Gasteiger charge is -2.15. The van der Waals surface area contributed by atoms with E-state index in [1.807, 2.05) is 0 Å². The van der Waals surface area contributed by atoms with Gasteiger partial charge in [-0.2, -0.15) is 0 Å². The predicted molar refractivity (Wildman–Crippen MR) is 47.3 cm³/mol. The van der Waals surface area contributed by atoms with Gasteiger partial charge in [0.1, 0.15) is 5.75 Å². The monoisotopic (exact) mass is 204 g/mol. The van der Waals surface area contributed by atoms with Gasteiger partial charge in [0.05, 0.1) is 0 Å². The van der Waals surface area contributed by atoms with Crippen LogP contribution in [-0.2, 0) is 16.1 Å². The number of hydrogen-bond acceptors (Lipinski definition) is 2. The van der Waals surface area contributed by atoms with Crippen LogP contribution in [0.4, 0.5) is 4.39 Å². The molecule has 0 heterocycles. The largest absolute Gasteiger partial charge is 0.508 e. The minimum Gasteiger partial charge on any atom is -0.508 e. The normalized spacial score (nSPS) is 17.8. The third kappa shape index (κ3) is 2.05. The second kappa shape index (κ2) is 3.43. The summed E-state index contributed by atoms with van der Waals surface area (Å²) in [5, 5.41) is 6.66. The molecule has 0 aliphatic rings. The third-order valence-electron chi connectivity index (χ3n) is 1.69. The molecule has 1 rings (SSSR count). The average molecular weight is 204 g/mol. The lowest BCUT2D eigenvalue weighted by Crippen LogP contribution is -2.21. The third-order valence-corrected chi connectivity index (χ3v) is 2.58. The van der Waals surface area contributed by atoms with Crippen molar-refractivity contribution >= 4 is 11.1 Å². The van der Waals surface area contributed by atoms with Crippen molar-refractivity contribution in [2.75, 3.05) is 0 Å². The summed E-state index contributed by atoms with van der Waals surface area (Å²) in [6.07, 6.45) is 0. The molecule has 1 aromatic rings. The van der Waals surface area contributed by atoms with E-state index in [-0.39, 0.29) is 11.3 Å². The highest BCUT2D eigenvalue weighted by molar-refractivity contribution is 7.80. The first-order valence-electron chi connectivity index (χ1n) is 3.54. The standard InChI is InChI=1S/C8H9FO3S/c1-8(9,13(11)12)6-3-2-4-7(10)5-6/h2-5,10H,1H3,(H,11,12). The first-order valence-corrected chi connectivity index (χ1v) is 4.64. The molecule has 2 unspecified atom stereocenters. The summed E-state index contributed by atoms with van der Waals surface area (Å²) in [6.45, 7) is 0.984. The Balaban J connectivity index is 3.14. The Labute approximate surface area is 77.5 Å². The molecule has 5 heteroatoms. The summed E-state index contributed by atoms with van der Waals surface area (Å²) < 4.78 is 32.7. The highest BCUT2D eigenvalue weighted by Gasteiger charge is 2.33. The number of alkyl halides is 1. The Morgan fingerprint density at radius 1 is 1.54 bits per heavy atom. The molecular weight excluding hydrogens is 195 g/mol. The molecule has 0 fully saturated rings. The number of hydrogen-bond donors (Lipinski definition) is 2. The van der Waals surface area contributed by atoms with Gasteiger partial charge in [0.15, 0.2) is 11.1 Å². The first kappa shape index (κ1) is 10.1. The predicted octanol–water partition coefficient (Wildman–Crippen LogP) is 1.76. The number of phenols is 1. The summed E-state index contributed by atoms with van der Waals surface area (Å²) in [7, 11) is 0. The summed E-state index contributed by atoms with van der Waals surface area (Å²) in [4.78, 5) is 0. The van der Waals surface area contributed by atoms with Crippen LogP contribution in [0, 0.1) is 0 Å². The number of phenolic OH excluding ortho intramolecular Hbond substituents is 1. The van der Waals surface area contributed by atoms with Gasteiger partial charge in [-0.3, -0.25) is 0 Å². The van der Waals surface area contributed by atoms with Gasteiger partial charge in [0.2, 0.25) is 5.00 Å². The maximum atomic E-state index is 13.5. The quantitative estimate of drug-likeness (QED) is 0.721. The molecule has 0 amide bonds. The fraction of sp³-hybridized carbons (Fsp3) is 0.250. The van der Waals surface area contributed by atoms with E-state index < -0.39 is 16.1 Å². The molecule has 0 spiro atoms. The van der Waals surface area contributed by atoms with Gasteiger partial charge in [-0.25, -0.2) is 8.60 Å². The van der Waals surface area contributed by atoms with E-state index in [0.717, 1.165) is 13.0 Å². The van der Waals surface area contributed by atoms with Gasteiger partial charge >= 0.3 is 0 Å². The molecule has 13 heavy (non-hydrogen) atoms. The Morgan fingerprint density at radius 3 is 2.62 bits per heavy atom. The molecular formula is C8H9FO3S. The first-order chi connectivity index (χ1) is 5.94. The van der Waals surface area contributed by atoms with E-state index >= 15 is 0 Å². The zero-order valence-electron chi connectivity index (χ0n) is 6.90. The topological polar surface area (TPSA) is 57.5 Å². The van der Waals surface area contributed by atoms with Crippen LogP contribution in [0.2, 0.25) is 0 Å². The van der Waals surface area contributed by atoms with Crippen LogP contribution in [0.15, 0.2) is 24.3 Å². The summed E-state index contributed by atoms with van der Waals surface area (Å²) in [5.41, 5.74) is -0.0201. The van der Waals surface area contributed by atoms with Gasteiger partial charge in [0, 0.05) is 5.56 Å². The van der Waals surface area contributed by atoms with Crippen LogP contribution in [0.5, 0.6) is 5.75 Å². The lowest BCUT2D eigenvalue weighted by molar-refractivity contribution is 0.292. The fourth-order valence-electron chi connectivity index (χ4n) is 0.884. The zero-order chi connectivity index (χ0) is 10.1. The van der Waals surface area contributed by atoms with Crippen LogP contribution in [0.3, 0.4) is 0 Å². The summed E-state index contributed by atoms with van der Waals surface area (Å²) in [5.74, 6) is -0.133. The van der Waals surface area contributed by atoms with Crippen LogP contribution < -0.4 is 0 Å². The number of aromatic hydroxyl groups is 1. The van der Waals surface area contributed by atoms with Crippen LogP contribution >= 0.6 is 0 Å². The molecule has 3 nitrogen and oxygen atoms in total. The maximum absolute atomic E-state index is 13.5. The molecule has 2 N–H and O–H groups in total. The molecule has 1 aromatic carbocycles. The van der Waals surface area contributed by atoms with Crippen molar-refractivity contribution in [3.05, 3.63) is 29.8 Å². The SMILES string of the molecule is CC(F)(c1cccc(O)c1)S(=O)O. The van der Waals surface area contributed by atoms with E-state index in [9.17, 15) is 8.60 Å². The van der Waals surface area contributed by atoms with Gasteiger partial charge in [-0.1, -0.05) is 12.1 Å². The maximum Gasteiger partial charge on any atom is 0.232 e. The van der Waals surface area contributed by atoms with Gasteiger partial charge < -0.3 is 9.66 Å². The minimum atomic E-state index is -2.61. The van der Waals surface area contributed by atoms with E-state index in [0.29, 0.717) is 0 Å². The summed E-state index contributed by atoms with van der Waals surface area (Å²) in [6, 6.07) is 5.23. The van der Waals surface area contributed by atoms with Crippen molar-refractivity contribution in [2.45, 2.75) is 11.9 Å². The lowest BCUT2D eigenvalue weighted by atomic mass is 10.1. The second-order valence-electron chi connectivity index (χ2n) is 2.72. The van der Waals surface area contributed by atoms with Crippen molar-refractivity contribution < 1.29 is 18.3 Å². The molecule has 0 saturated heterocycles. The van der Waals surface area contributed by atoms with Gasteiger partial charge in [0.25, 0.3) is 0 Å². The molecule has 0 radical (unpaired) electrons. The smallest absolute Gasteiger partial charge is 0.232 e. The number of benzene rings is 1. The minimum absolute atomic E-state index is 0.0201. The Hall–Kier alpha value is -0.940. The van der Waals surface area contributed by atoms with Crippen LogP contribution in [-0.4, -0.2) is 13.9 Å². The number of halogens is 1. The Morgan fingerprint density at radius 2 is 2.15 bits per heavy atom.